The molecule has 0 amide bonds. The Bertz CT molecular complexity index is 1160. The highest BCUT2D eigenvalue weighted by atomic mass is 16.5. The molecule has 0 aliphatic rings. The largest absolute Gasteiger partial charge is 0.497 e. The summed E-state index contributed by atoms with van der Waals surface area (Å²) in [6.45, 7) is 2.05. The van der Waals surface area contributed by atoms with Crippen LogP contribution in [0.25, 0.3) is 16.6 Å². The zero-order valence-electron chi connectivity index (χ0n) is 15.3. The number of fused-ring (bicyclic) bond motifs is 1. The maximum atomic E-state index is 13.0. The van der Waals surface area contributed by atoms with E-state index in [1.54, 1.807) is 18.0 Å². The Morgan fingerprint density at radius 2 is 1.78 bits per heavy atom. The number of para-hydroxylation sites is 1. The Balaban J connectivity index is 1.76. The number of aromatic nitrogens is 2. The third-order valence-electron chi connectivity index (χ3n) is 4.61. The number of hydrogen-bond donors (Lipinski definition) is 0. The van der Waals surface area contributed by atoms with Gasteiger partial charge in [-0.3, -0.25) is 9.36 Å². The number of benzene rings is 3. The van der Waals surface area contributed by atoms with E-state index in [9.17, 15) is 4.79 Å². The van der Waals surface area contributed by atoms with Crippen molar-refractivity contribution in [3.05, 3.63) is 100 Å². The second kappa shape index (κ2) is 7.08. The SMILES string of the molecule is COc1cc(C)cc(Cc2ccc3ncn(-c4ccccc4)c(=O)c3c2)c1. The first kappa shape index (κ1) is 17.0. The Labute approximate surface area is 157 Å². The summed E-state index contributed by atoms with van der Waals surface area (Å²) in [4.78, 5) is 17.4. The van der Waals surface area contributed by atoms with Crippen molar-refractivity contribution in [2.45, 2.75) is 13.3 Å². The minimum atomic E-state index is -0.0603. The van der Waals surface area contributed by atoms with E-state index in [1.807, 2.05) is 60.7 Å². The van der Waals surface area contributed by atoms with E-state index >= 15 is 0 Å². The molecule has 0 aliphatic carbocycles. The zero-order valence-corrected chi connectivity index (χ0v) is 15.3. The van der Waals surface area contributed by atoms with E-state index in [4.69, 9.17) is 4.74 Å². The smallest absolute Gasteiger partial charge is 0.265 e. The van der Waals surface area contributed by atoms with Crippen LogP contribution in [0.3, 0.4) is 0 Å². The molecule has 0 saturated heterocycles. The van der Waals surface area contributed by atoms with Crippen LogP contribution in [0.15, 0.2) is 77.9 Å². The summed E-state index contributed by atoms with van der Waals surface area (Å²) >= 11 is 0. The topological polar surface area (TPSA) is 44.1 Å². The lowest BCUT2D eigenvalue weighted by molar-refractivity contribution is 0.414. The predicted octanol–water partition coefficient (Wildman–Crippen LogP) is 4.29. The van der Waals surface area contributed by atoms with Crippen molar-refractivity contribution >= 4 is 10.9 Å². The first-order valence-corrected chi connectivity index (χ1v) is 8.84. The van der Waals surface area contributed by atoms with Gasteiger partial charge in [0.2, 0.25) is 0 Å². The van der Waals surface area contributed by atoms with Crippen molar-refractivity contribution in [1.29, 1.82) is 0 Å². The number of rotatable bonds is 4. The molecule has 1 aromatic heterocycles. The highest BCUT2D eigenvalue weighted by Crippen LogP contribution is 2.20. The van der Waals surface area contributed by atoms with Crippen molar-refractivity contribution in [3.8, 4) is 11.4 Å². The molecular weight excluding hydrogens is 336 g/mol. The van der Waals surface area contributed by atoms with E-state index in [0.29, 0.717) is 10.9 Å². The van der Waals surface area contributed by atoms with Crippen LogP contribution in [0.1, 0.15) is 16.7 Å². The van der Waals surface area contributed by atoms with Gasteiger partial charge in [0, 0.05) is 0 Å². The number of nitrogens with zero attached hydrogens (tertiary/aromatic N) is 2. The van der Waals surface area contributed by atoms with Crippen molar-refractivity contribution in [2.24, 2.45) is 0 Å². The summed E-state index contributed by atoms with van der Waals surface area (Å²) in [6.07, 6.45) is 2.32. The number of ether oxygens (including phenoxy) is 1. The van der Waals surface area contributed by atoms with Crippen molar-refractivity contribution in [1.82, 2.24) is 9.55 Å². The summed E-state index contributed by atoms with van der Waals surface area (Å²) in [7, 11) is 1.67. The molecule has 3 aromatic carbocycles. The fourth-order valence-corrected chi connectivity index (χ4v) is 3.33. The lowest BCUT2D eigenvalue weighted by Gasteiger charge is -2.09. The monoisotopic (exact) mass is 356 g/mol. The Kier molecular flexibility index (Phi) is 4.47. The van der Waals surface area contributed by atoms with Gasteiger partial charge in [-0.05, 0) is 66.4 Å². The van der Waals surface area contributed by atoms with Gasteiger partial charge >= 0.3 is 0 Å². The van der Waals surface area contributed by atoms with Crippen molar-refractivity contribution in [3.63, 3.8) is 0 Å². The predicted molar refractivity (Wildman–Crippen MR) is 108 cm³/mol. The van der Waals surface area contributed by atoms with E-state index < -0.39 is 0 Å². The van der Waals surface area contributed by atoms with Gasteiger partial charge in [-0.15, -0.1) is 0 Å². The van der Waals surface area contributed by atoms with E-state index in [1.165, 1.54) is 0 Å². The number of aryl methyl sites for hydroxylation is 1. The summed E-state index contributed by atoms with van der Waals surface area (Å²) in [6, 6.07) is 21.6. The van der Waals surface area contributed by atoms with Crippen LogP contribution in [-0.2, 0) is 6.42 Å². The van der Waals surface area contributed by atoms with E-state index in [2.05, 4.69) is 18.0 Å². The second-order valence-electron chi connectivity index (χ2n) is 6.64. The van der Waals surface area contributed by atoms with Gasteiger partial charge < -0.3 is 4.74 Å². The van der Waals surface area contributed by atoms with Crippen LogP contribution in [0.4, 0.5) is 0 Å². The fourth-order valence-electron chi connectivity index (χ4n) is 3.33. The maximum Gasteiger partial charge on any atom is 0.265 e. The lowest BCUT2D eigenvalue weighted by atomic mass is 10.0. The zero-order chi connectivity index (χ0) is 18.8. The Morgan fingerprint density at radius 1 is 0.963 bits per heavy atom. The molecule has 4 heteroatoms. The molecule has 0 atom stereocenters. The fraction of sp³-hybridized carbons (Fsp3) is 0.130. The quantitative estimate of drug-likeness (QED) is 0.548. The average Bonchev–Trinajstić information content (AvgIpc) is 2.69. The highest BCUT2D eigenvalue weighted by Gasteiger charge is 2.08. The molecule has 0 fully saturated rings. The third-order valence-corrected chi connectivity index (χ3v) is 4.61. The van der Waals surface area contributed by atoms with E-state index in [-0.39, 0.29) is 5.56 Å². The summed E-state index contributed by atoms with van der Waals surface area (Å²) < 4.78 is 6.95. The average molecular weight is 356 g/mol. The molecule has 27 heavy (non-hydrogen) atoms. The summed E-state index contributed by atoms with van der Waals surface area (Å²) in [5, 5.41) is 0.624. The normalized spacial score (nSPS) is 10.9. The summed E-state index contributed by atoms with van der Waals surface area (Å²) in [5.74, 6) is 0.846. The first-order valence-electron chi connectivity index (χ1n) is 8.84. The van der Waals surface area contributed by atoms with Crippen LogP contribution >= 0.6 is 0 Å². The molecule has 0 spiro atoms. The molecule has 4 nitrogen and oxygen atoms in total. The van der Waals surface area contributed by atoms with E-state index in [0.717, 1.165) is 34.5 Å². The maximum absolute atomic E-state index is 13.0. The first-order chi connectivity index (χ1) is 13.1. The molecule has 4 aromatic rings. The minimum absolute atomic E-state index is 0.0603. The molecule has 0 bridgehead atoms. The second-order valence-corrected chi connectivity index (χ2v) is 6.64. The molecule has 0 unspecified atom stereocenters. The molecule has 134 valence electrons. The van der Waals surface area contributed by atoms with Gasteiger partial charge in [-0.25, -0.2) is 4.98 Å². The van der Waals surface area contributed by atoms with Crippen LogP contribution in [-0.4, -0.2) is 16.7 Å². The molecule has 0 radical (unpaired) electrons. The number of methoxy groups -OCH3 is 1. The molecule has 0 aliphatic heterocycles. The van der Waals surface area contributed by atoms with Gasteiger partial charge in [0.25, 0.3) is 5.56 Å². The molecule has 0 saturated carbocycles. The minimum Gasteiger partial charge on any atom is -0.497 e. The van der Waals surface area contributed by atoms with Crippen LogP contribution in [0, 0.1) is 6.92 Å². The lowest BCUT2D eigenvalue weighted by Crippen LogP contribution is -2.18. The van der Waals surface area contributed by atoms with Gasteiger partial charge in [0.15, 0.2) is 0 Å². The van der Waals surface area contributed by atoms with Crippen LogP contribution < -0.4 is 10.3 Å². The number of hydrogen-bond acceptors (Lipinski definition) is 3. The standard InChI is InChI=1S/C23H20N2O2/c1-16-10-18(13-20(11-16)27-2)12-17-8-9-22-21(14-17)23(26)25(15-24-22)19-6-4-3-5-7-19/h3-11,13-15H,12H2,1-2H3. The molecule has 0 N–H and O–H groups in total. The van der Waals surface area contributed by atoms with Gasteiger partial charge in [0.05, 0.1) is 23.7 Å². The molecule has 4 rings (SSSR count). The van der Waals surface area contributed by atoms with Gasteiger partial charge in [-0.1, -0.05) is 30.3 Å². The molecule has 1 heterocycles. The Hall–Kier alpha value is -3.40. The third kappa shape index (κ3) is 3.47. The van der Waals surface area contributed by atoms with Gasteiger partial charge in [-0.2, -0.15) is 0 Å². The Morgan fingerprint density at radius 3 is 2.56 bits per heavy atom. The van der Waals surface area contributed by atoms with Crippen LogP contribution in [0.2, 0.25) is 0 Å². The highest BCUT2D eigenvalue weighted by molar-refractivity contribution is 5.78. The van der Waals surface area contributed by atoms with Crippen molar-refractivity contribution < 1.29 is 4.74 Å². The summed E-state index contributed by atoms with van der Waals surface area (Å²) in [5.41, 5.74) is 4.83. The van der Waals surface area contributed by atoms with Crippen molar-refractivity contribution in [2.75, 3.05) is 7.11 Å². The van der Waals surface area contributed by atoms with Gasteiger partial charge in [0.1, 0.15) is 12.1 Å². The molecular formula is C23H20N2O2. The van der Waals surface area contributed by atoms with Crippen LogP contribution in [0.5, 0.6) is 5.75 Å².